The van der Waals surface area contributed by atoms with E-state index < -0.39 is 0 Å². The van der Waals surface area contributed by atoms with Crippen LogP contribution in [0.4, 0.5) is 0 Å². The van der Waals surface area contributed by atoms with Gasteiger partial charge in [0.15, 0.2) is 5.65 Å². The third-order valence-corrected chi connectivity index (χ3v) is 4.70. The number of aromatic nitrogens is 3. The molecule has 0 radical (unpaired) electrons. The van der Waals surface area contributed by atoms with Crippen molar-refractivity contribution < 1.29 is 4.74 Å². The van der Waals surface area contributed by atoms with E-state index in [4.69, 9.17) is 4.74 Å². The number of hydrogen-bond donors (Lipinski definition) is 1. The number of unbranched alkanes of at least 4 members (excludes halogenated alkanes) is 2. The Hall–Kier alpha value is -2.40. The third kappa shape index (κ3) is 5.30. The summed E-state index contributed by atoms with van der Waals surface area (Å²) >= 11 is 0. The lowest BCUT2D eigenvalue weighted by atomic mass is 10.2. The lowest BCUT2D eigenvalue weighted by molar-refractivity contribution is 0.306. The molecule has 0 amide bonds. The highest BCUT2D eigenvalue weighted by Gasteiger charge is 2.08. The zero-order valence-electron chi connectivity index (χ0n) is 16.7. The van der Waals surface area contributed by atoms with Crippen LogP contribution in [0.25, 0.3) is 5.65 Å². The molecule has 1 aromatic carbocycles. The van der Waals surface area contributed by atoms with Crippen LogP contribution in [0.5, 0.6) is 5.75 Å². The molecule has 0 saturated heterocycles. The van der Waals surface area contributed by atoms with Crippen LogP contribution >= 0.6 is 0 Å². The summed E-state index contributed by atoms with van der Waals surface area (Å²) in [4.78, 5) is 9.18. The lowest BCUT2D eigenvalue weighted by Gasteiger charge is -2.08. The van der Waals surface area contributed by atoms with Gasteiger partial charge in [0.1, 0.15) is 12.1 Å². The molecule has 5 nitrogen and oxygen atoms in total. The fraction of sp³-hybridized carbons (Fsp3) is 0.455. The molecule has 5 heteroatoms. The molecule has 0 spiro atoms. The van der Waals surface area contributed by atoms with Crippen molar-refractivity contribution >= 4 is 5.65 Å². The van der Waals surface area contributed by atoms with E-state index in [1.54, 1.807) is 0 Å². The van der Waals surface area contributed by atoms with E-state index in [0.717, 1.165) is 55.3 Å². The molecule has 2 aromatic heterocycles. The zero-order valence-corrected chi connectivity index (χ0v) is 16.7. The highest BCUT2D eigenvalue weighted by Crippen LogP contribution is 2.14. The first-order valence-corrected chi connectivity index (χ1v) is 9.90. The number of ether oxygens (including phenoxy) is 1. The summed E-state index contributed by atoms with van der Waals surface area (Å²) in [5.74, 6) is 0.955. The second kappa shape index (κ2) is 9.51. The van der Waals surface area contributed by atoms with Crippen molar-refractivity contribution in [3.05, 3.63) is 59.3 Å². The molecule has 0 aliphatic heterocycles. The molecule has 0 unspecified atom stereocenters. The van der Waals surface area contributed by atoms with Crippen molar-refractivity contribution in [2.75, 3.05) is 13.2 Å². The number of benzene rings is 1. The summed E-state index contributed by atoms with van der Waals surface area (Å²) in [5, 5.41) is 3.50. The van der Waals surface area contributed by atoms with Gasteiger partial charge >= 0.3 is 0 Å². The van der Waals surface area contributed by atoms with Crippen molar-refractivity contribution in [3.8, 4) is 5.75 Å². The zero-order chi connectivity index (χ0) is 19.1. The van der Waals surface area contributed by atoms with E-state index >= 15 is 0 Å². The fourth-order valence-corrected chi connectivity index (χ4v) is 3.19. The van der Waals surface area contributed by atoms with Crippen molar-refractivity contribution in [3.63, 3.8) is 0 Å². The van der Waals surface area contributed by atoms with Gasteiger partial charge in [-0.1, -0.05) is 31.9 Å². The largest absolute Gasteiger partial charge is 0.494 e. The van der Waals surface area contributed by atoms with E-state index in [1.165, 1.54) is 24.1 Å². The van der Waals surface area contributed by atoms with E-state index in [-0.39, 0.29) is 0 Å². The van der Waals surface area contributed by atoms with Gasteiger partial charge < -0.3 is 10.1 Å². The topological polar surface area (TPSA) is 51.5 Å². The Morgan fingerprint density at radius 2 is 1.93 bits per heavy atom. The van der Waals surface area contributed by atoms with Crippen molar-refractivity contribution in [1.82, 2.24) is 19.7 Å². The number of hydrogen-bond acceptors (Lipinski definition) is 4. The number of aryl methyl sites for hydroxylation is 2. The molecule has 27 heavy (non-hydrogen) atoms. The molecule has 1 N–H and O–H groups in total. The molecule has 0 aliphatic carbocycles. The minimum Gasteiger partial charge on any atom is -0.494 e. The molecule has 144 valence electrons. The molecule has 0 bridgehead atoms. The summed E-state index contributed by atoms with van der Waals surface area (Å²) < 4.78 is 7.82. The summed E-state index contributed by atoms with van der Waals surface area (Å²) in [6.07, 6.45) is 6.30. The van der Waals surface area contributed by atoms with Gasteiger partial charge in [0.2, 0.25) is 0 Å². The number of imidazole rings is 1. The van der Waals surface area contributed by atoms with Gasteiger partial charge in [0.25, 0.3) is 0 Å². The number of nitrogens with one attached hydrogen (secondary N) is 1. The quantitative estimate of drug-likeness (QED) is 0.545. The molecule has 3 rings (SSSR count). The minimum absolute atomic E-state index is 0.803. The van der Waals surface area contributed by atoms with Crippen LogP contribution in [0.2, 0.25) is 0 Å². The Kier molecular flexibility index (Phi) is 6.82. The van der Waals surface area contributed by atoms with Crippen LogP contribution < -0.4 is 10.1 Å². The number of nitrogens with zero attached hydrogens (tertiary/aromatic N) is 3. The van der Waals surface area contributed by atoms with Crippen molar-refractivity contribution in [2.24, 2.45) is 0 Å². The second-order valence-corrected chi connectivity index (χ2v) is 7.05. The highest BCUT2D eigenvalue weighted by molar-refractivity contribution is 5.46. The Labute approximate surface area is 161 Å². The first-order valence-electron chi connectivity index (χ1n) is 9.90. The second-order valence-electron chi connectivity index (χ2n) is 7.05. The SMILES string of the molecule is CCCCCOc1ccc(CNCCc2ncn3c(C)cc(C)nc23)cc1. The van der Waals surface area contributed by atoms with Crippen LogP contribution in [0.3, 0.4) is 0 Å². The Bertz CT molecular complexity index is 855. The Morgan fingerprint density at radius 1 is 1.11 bits per heavy atom. The predicted octanol–water partition coefficient (Wildman–Crippen LogP) is 4.25. The molecule has 0 aliphatic rings. The Balaban J connectivity index is 1.45. The van der Waals surface area contributed by atoms with Gasteiger partial charge in [0, 0.05) is 30.9 Å². The van der Waals surface area contributed by atoms with Gasteiger partial charge in [0.05, 0.1) is 12.3 Å². The van der Waals surface area contributed by atoms with E-state index in [0.29, 0.717) is 0 Å². The first-order chi connectivity index (χ1) is 13.2. The molecular formula is C22H30N4O. The molecular weight excluding hydrogens is 336 g/mol. The van der Waals surface area contributed by atoms with Gasteiger partial charge in [-0.25, -0.2) is 9.97 Å². The average molecular weight is 367 g/mol. The fourth-order valence-electron chi connectivity index (χ4n) is 3.19. The standard InChI is InChI=1S/C22H30N4O/c1-4-5-6-13-27-20-9-7-19(8-10-20)15-23-12-11-21-22-25-17(2)14-18(3)26(22)16-24-21/h7-10,14,16,23H,4-6,11-13,15H2,1-3H3. The maximum Gasteiger partial charge on any atom is 0.160 e. The van der Waals surface area contributed by atoms with Gasteiger partial charge in [-0.15, -0.1) is 0 Å². The maximum atomic E-state index is 5.76. The minimum atomic E-state index is 0.803. The summed E-state index contributed by atoms with van der Waals surface area (Å²) in [6, 6.07) is 10.4. The third-order valence-electron chi connectivity index (χ3n) is 4.70. The maximum absolute atomic E-state index is 5.76. The number of rotatable bonds is 10. The summed E-state index contributed by atoms with van der Waals surface area (Å²) in [5.41, 5.74) is 5.48. The molecule has 0 atom stereocenters. The first kappa shape index (κ1) is 19.4. The average Bonchev–Trinajstić information content (AvgIpc) is 3.07. The smallest absolute Gasteiger partial charge is 0.160 e. The van der Waals surface area contributed by atoms with Gasteiger partial charge in [-0.3, -0.25) is 4.40 Å². The van der Waals surface area contributed by atoms with E-state index in [1.807, 2.05) is 13.3 Å². The van der Waals surface area contributed by atoms with Crippen LogP contribution in [0.15, 0.2) is 36.7 Å². The van der Waals surface area contributed by atoms with E-state index in [9.17, 15) is 0 Å². The molecule has 2 heterocycles. The van der Waals surface area contributed by atoms with Crippen LogP contribution in [0.1, 0.15) is 48.8 Å². The summed E-state index contributed by atoms with van der Waals surface area (Å²) in [7, 11) is 0. The normalized spacial score (nSPS) is 11.2. The van der Waals surface area contributed by atoms with Crippen molar-refractivity contribution in [2.45, 2.75) is 53.0 Å². The molecule has 3 aromatic rings. The van der Waals surface area contributed by atoms with Crippen LogP contribution in [-0.2, 0) is 13.0 Å². The predicted molar refractivity (Wildman–Crippen MR) is 109 cm³/mol. The van der Waals surface area contributed by atoms with Gasteiger partial charge in [-0.2, -0.15) is 0 Å². The highest BCUT2D eigenvalue weighted by atomic mass is 16.5. The van der Waals surface area contributed by atoms with Gasteiger partial charge in [-0.05, 0) is 44.0 Å². The summed E-state index contributed by atoms with van der Waals surface area (Å²) in [6.45, 7) is 8.83. The molecule has 0 fully saturated rings. The van der Waals surface area contributed by atoms with E-state index in [2.05, 4.69) is 63.9 Å². The van der Waals surface area contributed by atoms with Crippen LogP contribution in [-0.4, -0.2) is 27.5 Å². The lowest BCUT2D eigenvalue weighted by Crippen LogP contribution is -2.17. The van der Waals surface area contributed by atoms with Crippen LogP contribution in [0, 0.1) is 13.8 Å². The Morgan fingerprint density at radius 3 is 2.70 bits per heavy atom. The monoisotopic (exact) mass is 366 g/mol. The number of fused-ring (bicyclic) bond motifs is 1. The molecule has 0 saturated carbocycles. The van der Waals surface area contributed by atoms with Crippen molar-refractivity contribution in [1.29, 1.82) is 0 Å².